The van der Waals surface area contributed by atoms with Gasteiger partial charge in [0.15, 0.2) is 0 Å². The van der Waals surface area contributed by atoms with Crippen molar-refractivity contribution in [1.29, 1.82) is 0 Å². The molecule has 0 radical (unpaired) electrons. The number of hydrogen-bond donors (Lipinski definition) is 1. The summed E-state index contributed by atoms with van der Waals surface area (Å²) < 4.78 is 6.34. The number of halogens is 2. The molecule has 0 aromatic heterocycles. The van der Waals surface area contributed by atoms with Crippen molar-refractivity contribution < 1.29 is 4.74 Å². The van der Waals surface area contributed by atoms with E-state index in [0.29, 0.717) is 6.61 Å². The van der Waals surface area contributed by atoms with Crippen molar-refractivity contribution in [3.63, 3.8) is 0 Å². The molecule has 1 aromatic carbocycles. The fraction of sp³-hybridized carbons (Fsp3) is 0.333. The number of rotatable bonds is 0. The minimum absolute atomic E-state index is 0.615. The van der Waals surface area contributed by atoms with Crippen LogP contribution in [0, 0.1) is 0 Å². The van der Waals surface area contributed by atoms with Crippen LogP contribution in [0.1, 0.15) is 5.56 Å². The van der Waals surface area contributed by atoms with E-state index in [0.717, 1.165) is 33.9 Å². The highest BCUT2D eigenvalue weighted by atomic mass is 79.9. The molecule has 1 aromatic rings. The van der Waals surface area contributed by atoms with Crippen molar-refractivity contribution in [3.05, 3.63) is 27.2 Å². The molecule has 1 aliphatic rings. The van der Waals surface area contributed by atoms with Crippen molar-refractivity contribution in [2.24, 2.45) is 0 Å². The van der Waals surface area contributed by atoms with Gasteiger partial charge in [-0.05, 0) is 28.1 Å². The van der Waals surface area contributed by atoms with Gasteiger partial charge in [-0.2, -0.15) is 0 Å². The second-order valence-electron chi connectivity index (χ2n) is 2.87. The minimum atomic E-state index is 0.615. The first-order chi connectivity index (χ1) is 6.29. The lowest BCUT2D eigenvalue weighted by atomic mass is 10.2. The Balaban J connectivity index is 2.48. The number of ether oxygens (including phenoxy) is 1. The Bertz CT molecular complexity index is 330. The molecule has 2 rings (SSSR count). The first kappa shape index (κ1) is 9.31. The van der Waals surface area contributed by atoms with Gasteiger partial charge in [0, 0.05) is 22.3 Å². The molecule has 0 amide bonds. The van der Waals surface area contributed by atoms with Gasteiger partial charge in [0.2, 0.25) is 0 Å². The van der Waals surface area contributed by atoms with Crippen LogP contribution in [-0.2, 0) is 11.3 Å². The molecule has 0 spiro atoms. The lowest BCUT2D eigenvalue weighted by Gasteiger charge is -2.09. The quantitative estimate of drug-likeness (QED) is 0.776. The number of nitrogens with one attached hydrogen (secondary N) is 1. The fourth-order valence-corrected chi connectivity index (χ4v) is 1.97. The van der Waals surface area contributed by atoms with Gasteiger partial charge in [-0.25, -0.2) is 0 Å². The molecule has 0 fully saturated rings. The van der Waals surface area contributed by atoms with Crippen LogP contribution in [0.25, 0.3) is 0 Å². The van der Waals surface area contributed by atoms with Crippen molar-refractivity contribution >= 4 is 33.2 Å². The molecule has 0 atom stereocenters. The van der Waals surface area contributed by atoms with Crippen molar-refractivity contribution in [3.8, 4) is 0 Å². The van der Waals surface area contributed by atoms with E-state index < -0.39 is 0 Å². The Labute approximate surface area is 90.4 Å². The summed E-state index contributed by atoms with van der Waals surface area (Å²) in [5, 5.41) is 4.01. The van der Waals surface area contributed by atoms with Gasteiger partial charge in [-0.1, -0.05) is 11.6 Å². The zero-order chi connectivity index (χ0) is 9.26. The van der Waals surface area contributed by atoms with Crippen LogP contribution >= 0.6 is 27.5 Å². The molecule has 0 bridgehead atoms. The Morgan fingerprint density at radius 1 is 1.46 bits per heavy atom. The molecule has 4 heteroatoms. The van der Waals surface area contributed by atoms with Crippen LogP contribution in [0.4, 0.5) is 5.69 Å². The standard InChI is InChI=1S/C9H9BrClNO/c10-9-6-5-13-4-3-12-8(6)2-1-7(9)11/h1-2,12H,3-5H2. The van der Waals surface area contributed by atoms with E-state index in [1.54, 1.807) is 0 Å². The van der Waals surface area contributed by atoms with E-state index in [1.165, 1.54) is 0 Å². The van der Waals surface area contributed by atoms with E-state index in [2.05, 4.69) is 21.2 Å². The third kappa shape index (κ3) is 1.82. The molecular formula is C9H9BrClNO. The summed E-state index contributed by atoms with van der Waals surface area (Å²) >= 11 is 9.42. The van der Waals surface area contributed by atoms with Crippen LogP contribution < -0.4 is 5.32 Å². The zero-order valence-electron chi connectivity index (χ0n) is 6.94. The second kappa shape index (κ2) is 3.86. The van der Waals surface area contributed by atoms with Crippen molar-refractivity contribution in [2.45, 2.75) is 6.61 Å². The van der Waals surface area contributed by atoms with Crippen LogP contribution in [-0.4, -0.2) is 13.2 Å². The first-order valence-electron chi connectivity index (χ1n) is 4.07. The van der Waals surface area contributed by atoms with E-state index in [4.69, 9.17) is 16.3 Å². The SMILES string of the molecule is Clc1ccc2c(c1Br)COCCN2. The molecule has 1 aliphatic heterocycles. The number of benzene rings is 1. The van der Waals surface area contributed by atoms with Gasteiger partial charge in [-0.3, -0.25) is 0 Å². The Hall–Kier alpha value is -0.250. The maximum absolute atomic E-state index is 5.97. The van der Waals surface area contributed by atoms with E-state index in [-0.39, 0.29) is 0 Å². The molecule has 1 heterocycles. The van der Waals surface area contributed by atoms with Gasteiger partial charge < -0.3 is 10.1 Å². The van der Waals surface area contributed by atoms with Crippen LogP contribution in [0.3, 0.4) is 0 Å². The molecule has 13 heavy (non-hydrogen) atoms. The monoisotopic (exact) mass is 261 g/mol. The van der Waals surface area contributed by atoms with Crippen molar-refractivity contribution in [2.75, 3.05) is 18.5 Å². The highest BCUT2D eigenvalue weighted by molar-refractivity contribution is 9.10. The number of hydrogen-bond acceptors (Lipinski definition) is 2. The van der Waals surface area contributed by atoms with Crippen LogP contribution in [0.15, 0.2) is 16.6 Å². The Kier molecular flexibility index (Phi) is 2.77. The summed E-state index contributed by atoms with van der Waals surface area (Å²) in [6.45, 7) is 2.20. The van der Waals surface area contributed by atoms with E-state index in [1.807, 2.05) is 12.1 Å². The number of fused-ring (bicyclic) bond motifs is 1. The average molecular weight is 263 g/mol. The average Bonchev–Trinajstić information content (AvgIpc) is 2.36. The fourth-order valence-electron chi connectivity index (χ4n) is 1.33. The van der Waals surface area contributed by atoms with Crippen LogP contribution in [0.2, 0.25) is 5.02 Å². The van der Waals surface area contributed by atoms with Gasteiger partial charge in [0.1, 0.15) is 0 Å². The van der Waals surface area contributed by atoms with Gasteiger partial charge in [0.05, 0.1) is 18.2 Å². The summed E-state index contributed by atoms with van der Waals surface area (Å²) in [5.41, 5.74) is 2.21. The highest BCUT2D eigenvalue weighted by Gasteiger charge is 2.12. The smallest absolute Gasteiger partial charge is 0.0749 e. The predicted octanol–water partition coefficient (Wildman–Crippen LogP) is 3.04. The van der Waals surface area contributed by atoms with Gasteiger partial charge >= 0.3 is 0 Å². The maximum atomic E-state index is 5.97. The summed E-state index contributed by atoms with van der Waals surface area (Å²) in [6.07, 6.45) is 0. The topological polar surface area (TPSA) is 21.3 Å². The summed E-state index contributed by atoms with van der Waals surface area (Å²) in [5.74, 6) is 0. The van der Waals surface area contributed by atoms with Gasteiger partial charge in [0.25, 0.3) is 0 Å². The summed E-state index contributed by atoms with van der Waals surface area (Å²) in [4.78, 5) is 0. The van der Waals surface area contributed by atoms with Gasteiger partial charge in [-0.15, -0.1) is 0 Å². The van der Waals surface area contributed by atoms with Crippen LogP contribution in [0.5, 0.6) is 0 Å². The molecule has 1 N–H and O–H groups in total. The maximum Gasteiger partial charge on any atom is 0.0749 e. The van der Waals surface area contributed by atoms with Crippen molar-refractivity contribution in [1.82, 2.24) is 0 Å². The van der Waals surface area contributed by atoms with E-state index >= 15 is 0 Å². The molecular weight excluding hydrogens is 253 g/mol. The summed E-state index contributed by atoms with van der Waals surface area (Å²) in [7, 11) is 0. The molecule has 0 unspecified atom stereocenters. The molecule has 70 valence electrons. The Morgan fingerprint density at radius 2 is 2.31 bits per heavy atom. The molecule has 2 nitrogen and oxygen atoms in total. The normalized spacial score (nSPS) is 15.8. The summed E-state index contributed by atoms with van der Waals surface area (Å²) in [6, 6.07) is 3.86. The number of anilines is 1. The third-order valence-corrected chi connectivity index (χ3v) is 3.45. The minimum Gasteiger partial charge on any atom is -0.382 e. The predicted molar refractivity (Wildman–Crippen MR) is 57.3 cm³/mol. The molecule has 0 saturated heterocycles. The third-order valence-electron chi connectivity index (χ3n) is 2.00. The first-order valence-corrected chi connectivity index (χ1v) is 5.24. The molecule has 0 aliphatic carbocycles. The lowest BCUT2D eigenvalue weighted by molar-refractivity contribution is 0.134. The largest absolute Gasteiger partial charge is 0.382 e. The van der Waals surface area contributed by atoms with E-state index in [9.17, 15) is 0 Å². The zero-order valence-corrected chi connectivity index (χ0v) is 9.28. The Morgan fingerprint density at radius 3 is 3.15 bits per heavy atom. The molecule has 0 saturated carbocycles. The lowest BCUT2D eigenvalue weighted by Crippen LogP contribution is -2.04. The highest BCUT2D eigenvalue weighted by Crippen LogP contribution is 2.33. The second-order valence-corrected chi connectivity index (χ2v) is 4.07.